The number of carbonyl (C=O) groups excluding carboxylic acids is 1. The predicted octanol–water partition coefficient (Wildman–Crippen LogP) is 2.95. The van der Waals surface area contributed by atoms with E-state index >= 15 is 0 Å². The number of amides is 1. The van der Waals surface area contributed by atoms with Crippen LogP contribution < -0.4 is 10.2 Å². The summed E-state index contributed by atoms with van der Waals surface area (Å²) >= 11 is 1.49. The van der Waals surface area contributed by atoms with Gasteiger partial charge >= 0.3 is 0 Å². The third-order valence-corrected chi connectivity index (χ3v) is 9.83. The van der Waals surface area contributed by atoms with E-state index in [1.807, 2.05) is 29.2 Å². The third kappa shape index (κ3) is 4.61. The minimum absolute atomic E-state index is 0.0145. The van der Waals surface area contributed by atoms with Crippen LogP contribution in [0.4, 0.5) is 11.4 Å². The van der Waals surface area contributed by atoms with Crippen molar-refractivity contribution in [3.05, 3.63) is 59.2 Å². The van der Waals surface area contributed by atoms with Crippen LogP contribution in [-0.2, 0) is 9.84 Å². The Labute approximate surface area is 199 Å². The molecule has 2 aromatic carbocycles. The summed E-state index contributed by atoms with van der Waals surface area (Å²) in [5.41, 5.74) is 5.36. The van der Waals surface area contributed by atoms with Crippen LogP contribution in [0.3, 0.4) is 0 Å². The van der Waals surface area contributed by atoms with Crippen molar-refractivity contribution in [2.75, 3.05) is 47.9 Å². The molecule has 0 aromatic heterocycles. The summed E-state index contributed by atoms with van der Waals surface area (Å²) in [6.45, 7) is 7.33. The summed E-state index contributed by atoms with van der Waals surface area (Å²) in [5, 5.41) is 4.03. The topological polar surface area (TPSA) is 82.1 Å². The van der Waals surface area contributed by atoms with Crippen LogP contribution in [0.1, 0.15) is 21.5 Å². The number of piperazine rings is 1. The molecule has 1 N–H and O–H groups in total. The van der Waals surface area contributed by atoms with Crippen molar-refractivity contribution in [1.29, 1.82) is 0 Å². The average Bonchev–Trinajstić information content (AvgIpc) is 3.28. The molecule has 3 aliphatic rings. The molecule has 0 spiro atoms. The molecule has 5 rings (SSSR count). The number of aliphatic imine (C=N–C) groups is 1. The molecule has 0 bridgehead atoms. The quantitative estimate of drug-likeness (QED) is 0.722. The lowest BCUT2D eigenvalue weighted by molar-refractivity contribution is 0.0747. The smallest absolute Gasteiger partial charge is 0.253 e. The zero-order chi connectivity index (χ0) is 23.2. The highest BCUT2D eigenvalue weighted by Crippen LogP contribution is 2.34. The summed E-state index contributed by atoms with van der Waals surface area (Å²) in [6, 6.07) is 13.7. The molecule has 3 heterocycles. The van der Waals surface area contributed by atoms with E-state index in [9.17, 15) is 13.2 Å². The van der Waals surface area contributed by atoms with Crippen LogP contribution in [0.15, 0.2) is 47.5 Å². The van der Waals surface area contributed by atoms with Gasteiger partial charge in [-0.25, -0.2) is 8.42 Å². The van der Waals surface area contributed by atoms with Gasteiger partial charge in [-0.3, -0.25) is 9.79 Å². The van der Waals surface area contributed by atoms with Crippen LogP contribution in [0.2, 0.25) is 0 Å². The van der Waals surface area contributed by atoms with Gasteiger partial charge in [-0.2, -0.15) is 0 Å². The fourth-order valence-electron chi connectivity index (χ4n) is 4.65. The summed E-state index contributed by atoms with van der Waals surface area (Å²) in [5.74, 6) is 0.385. The number of hydrogen-bond donors (Lipinski definition) is 1. The molecule has 0 aliphatic carbocycles. The maximum atomic E-state index is 13.0. The summed E-state index contributed by atoms with van der Waals surface area (Å²) in [6.07, 6.45) is 0. The van der Waals surface area contributed by atoms with Gasteiger partial charge in [0, 0.05) is 48.4 Å². The Morgan fingerprint density at radius 1 is 1.03 bits per heavy atom. The molecule has 2 saturated heterocycles. The number of rotatable bonds is 3. The molecule has 2 fully saturated rings. The van der Waals surface area contributed by atoms with Crippen molar-refractivity contribution in [3.8, 4) is 0 Å². The average molecular weight is 485 g/mol. The van der Waals surface area contributed by atoms with E-state index in [1.165, 1.54) is 28.6 Å². The highest BCUT2D eigenvalue weighted by atomic mass is 32.2. The number of carbonyl (C=O) groups is 1. The molecule has 2 unspecified atom stereocenters. The highest BCUT2D eigenvalue weighted by Gasteiger charge is 2.42. The molecular formula is C24H28N4O3S2. The maximum Gasteiger partial charge on any atom is 0.253 e. The minimum Gasteiger partial charge on any atom is -0.368 e. The van der Waals surface area contributed by atoms with Crippen LogP contribution >= 0.6 is 11.8 Å². The number of anilines is 2. The number of thioether (sulfide) groups is 1. The molecule has 33 heavy (non-hydrogen) atoms. The summed E-state index contributed by atoms with van der Waals surface area (Å²) in [7, 11) is -2.95. The second-order valence-electron chi connectivity index (χ2n) is 8.94. The fraction of sp³-hybridized carbons (Fsp3) is 0.417. The van der Waals surface area contributed by atoms with E-state index in [-0.39, 0.29) is 28.7 Å². The fourth-order valence-corrected chi connectivity index (χ4v) is 8.32. The van der Waals surface area contributed by atoms with Crippen LogP contribution in [0.5, 0.6) is 0 Å². The lowest BCUT2D eigenvalue weighted by Gasteiger charge is -2.37. The van der Waals surface area contributed by atoms with Crippen LogP contribution in [0, 0.1) is 13.8 Å². The number of benzene rings is 2. The van der Waals surface area contributed by atoms with E-state index in [0.717, 1.165) is 23.9 Å². The summed E-state index contributed by atoms with van der Waals surface area (Å²) < 4.78 is 23.4. The van der Waals surface area contributed by atoms with E-state index in [2.05, 4.69) is 47.3 Å². The van der Waals surface area contributed by atoms with Crippen molar-refractivity contribution in [2.45, 2.75) is 25.1 Å². The van der Waals surface area contributed by atoms with Crippen LogP contribution in [-0.4, -0.2) is 73.4 Å². The zero-order valence-electron chi connectivity index (χ0n) is 18.8. The van der Waals surface area contributed by atoms with Crippen LogP contribution in [0.25, 0.3) is 0 Å². The molecule has 2 atom stereocenters. The Morgan fingerprint density at radius 3 is 2.45 bits per heavy atom. The van der Waals surface area contributed by atoms with Crippen molar-refractivity contribution >= 4 is 44.0 Å². The van der Waals surface area contributed by atoms with E-state index < -0.39 is 9.84 Å². The molecule has 2 aromatic rings. The second-order valence-corrected chi connectivity index (χ2v) is 12.3. The lowest BCUT2D eigenvalue weighted by atomic mass is 10.1. The van der Waals surface area contributed by atoms with Gasteiger partial charge < -0.3 is 15.1 Å². The van der Waals surface area contributed by atoms with Gasteiger partial charge in [0.25, 0.3) is 5.91 Å². The Balaban J connectivity index is 1.17. The van der Waals surface area contributed by atoms with E-state index in [1.54, 1.807) is 0 Å². The number of hydrogen-bond acceptors (Lipinski definition) is 7. The molecule has 3 aliphatic heterocycles. The molecular weight excluding hydrogens is 456 g/mol. The Bertz CT molecular complexity index is 1200. The number of sulfone groups is 1. The molecule has 7 nitrogen and oxygen atoms in total. The number of nitrogens with one attached hydrogen (secondary N) is 1. The van der Waals surface area contributed by atoms with Gasteiger partial charge in [0.05, 0.1) is 17.5 Å². The minimum atomic E-state index is -2.95. The monoisotopic (exact) mass is 484 g/mol. The van der Waals surface area contributed by atoms with E-state index in [4.69, 9.17) is 0 Å². The first kappa shape index (κ1) is 22.3. The molecule has 174 valence electrons. The normalized spacial score (nSPS) is 23.9. The van der Waals surface area contributed by atoms with Gasteiger partial charge in [0.1, 0.15) is 0 Å². The standard InChI is InChI=1S/C24H28N4O3S2/c1-16-4-3-5-21(17(16)2)27-10-12-28(13-11-27)23(29)18-6-8-19(9-7-18)25-24-26-20-14-33(30,31)15-22(20)32-24/h3-9,20,22H,10-15H2,1-2H3,(H,25,26). The molecule has 9 heteroatoms. The predicted molar refractivity (Wildman–Crippen MR) is 135 cm³/mol. The summed E-state index contributed by atoms with van der Waals surface area (Å²) in [4.78, 5) is 21.8. The first-order valence-electron chi connectivity index (χ1n) is 11.2. The Kier molecular flexibility index (Phi) is 5.86. The van der Waals surface area contributed by atoms with Gasteiger partial charge in [-0.15, -0.1) is 0 Å². The lowest BCUT2D eigenvalue weighted by Crippen LogP contribution is -2.49. The van der Waals surface area contributed by atoms with Crippen molar-refractivity contribution < 1.29 is 13.2 Å². The number of fused-ring (bicyclic) bond motifs is 1. The maximum absolute atomic E-state index is 13.0. The Morgan fingerprint density at radius 2 is 1.76 bits per heavy atom. The zero-order valence-corrected chi connectivity index (χ0v) is 20.5. The van der Waals surface area contributed by atoms with Crippen molar-refractivity contribution in [2.24, 2.45) is 4.99 Å². The first-order chi connectivity index (χ1) is 15.8. The largest absolute Gasteiger partial charge is 0.368 e. The molecule has 0 radical (unpaired) electrons. The highest BCUT2D eigenvalue weighted by molar-refractivity contribution is 8.15. The first-order valence-corrected chi connectivity index (χ1v) is 13.9. The second kappa shape index (κ2) is 8.68. The van der Waals surface area contributed by atoms with Gasteiger partial charge in [-0.1, -0.05) is 23.9 Å². The van der Waals surface area contributed by atoms with Crippen molar-refractivity contribution in [1.82, 2.24) is 4.90 Å². The SMILES string of the molecule is Cc1cccc(N2CCN(C(=O)c3ccc(NC4=NC5CS(=O)(=O)CC5S4)cc3)CC2)c1C. The van der Waals surface area contributed by atoms with Gasteiger partial charge in [-0.05, 0) is 55.3 Å². The molecule has 1 amide bonds. The number of aryl methyl sites for hydroxylation is 1. The number of amidine groups is 1. The molecule has 0 saturated carbocycles. The van der Waals surface area contributed by atoms with Gasteiger partial charge in [0.2, 0.25) is 0 Å². The van der Waals surface area contributed by atoms with Crippen molar-refractivity contribution in [3.63, 3.8) is 0 Å². The van der Waals surface area contributed by atoms with Gasteiger partial charge in [0.15, 0.2) is 15.0 Å². The third-order valence-electron chi connectivity index (χ3n) is 6.68. The number of nitrogens with zero attached hydrogens (tertiary/aromatic N) is 3. The Hall–Kier alpha value is -2.52. The van der Waals surface area contributed by atoms with E-state index in [0.29, 0.717) is 18.7 Å².